The highest BCUT2D eigenvalue weighted by Crippen LogP contribution is 2.36. The Morgan fingerprint density at radius 3 is 2.94 bits per heavy atom. The smallest absolute Gasteiger partial charge is 0.209 e. The topological polar surface area (TPSA) is 79.4 Å². The normalized spacial score (nSPS) is 16.8. The Balaban J connectivity index is 1.77. The molecule has 1 fully saturated rings. The molecule has 1 heterocycles. The maximum atomic E-state index is 9.02. The molecule has 0 spiro atoms. The summed E-state index contributed by atoms with van der Waals surface area (Å²) >= 11 is 1.63. The van der Waals surface area contributed by atoms with E-state index in [2.05, 4.69) is 26.9 Å². The summed E-state index contributed by atoms with van der Waals surface area (Å²) in [7, 11) is 0. The summed E-state index contributed by atoms with van der Waals surface area (Å²) in [6.45, 7) is 4.09. The fourth-order valence-electron chi connectivity index (χ4n) is 1.68. The molecule has 1 aromatic heterocycles. The molecule has 0 amide bonds. The minimum Gasteiger partial charge on any atom is -0.300 e. The van der Waals surface area contributed by atoms with Gasteiger partial charge in [0.25, 0.3) is 0 Å². The van der Waals surface area contributed by atoms with E-state index in [1.165, 1.54) is 12.8 Å². The number of aromatic nitrogens is 4. The first kappa shape index (κ1) is 13.3. The number of nitrogens with zero attached hydrogens (tertiary/aromatic N) is 5. The molecule has 0 aromatic carbocycles. The van der Waals surface area contributed by atoms with Crippen molar-refractivity contribution in [3.63, 3.8) is 0 Å². The van der Waals surface area contributed by atoms with Crippen molar-refractivity contribution in [3.8, 4) is 6.07 Å². The molecule has 1 aromatic rings. The molecule has 18 heavy (non-hydrogen) atoms. The van der Waals surface area contributed by atoms with Crippen LogP contribution in [-0.4, -0.2) is 38.0 Å². The van der Waals surface area contributed by atoms with E-state index in [0.29, 0.717) is 12.1 Å². The van der Waals surface area contributed by atoms with E-state index < -0.39 is 0 Å². The van der Waals surface area contributed by atoms with Gasteiger partial charge in [-0.1, -0.05) is 11.8 Å². The third-order valence-electron chi connectivity index (χ3n) is 2.68. The average molecular weight is 266 g/mol. The van der Waals surface area contributed by atoms with Gasteiger partial charge in [0, 0.05) is 11.8 Å². The molecule has 1 aliphatic rings. The van der Waals surface area contributed by atoms with Crippen LogP contribution < -0.4 is 5.32 Å². The monoisotopic (exact) mass is 266 g/mol. The zero-order valence-corrected chi connectivity index (χ0v) is 11.5. The number of nitrogens with one attached hydrogen (secondary N) is 1. The molecule has 2 rings (SSSR count). The molecule has 6 nitrogen and oxygen atoms in total. The standard InChI is InChI=1S/C11H18N6S/c1-8(2)13-9(7-12)5-6-18-11-14-15-16-17(11)10-3-4-10/h8-10,13H,3-6H2,1-2H3. The van der Waals surface area contributed by atoms with Gasteiger partial charge < -0.3 is 0 Å². The Hall–Kier alpha value is -1.13. The first-order valence-corrected chi connectivity index (χ1v) is 7.25. The van der Waals surface area contributed by atoms with Gasteiger partial charge in [0.05, 0.1) is 18.2 Å². The van der Waals surface area contributed by atoms with Crippen LogP contribution in [0, 0.1) is 11.3 Å². The van der Waals surface area contributed by atoms with Crippen molar-refractivity contribution in [2.45, 2.75) is 56.4 Å². The third-order valence-corrected chi connectivity index (χ3v) is 3.65. The van der Waals surface area contributed by atoms with Gasteiger partial charge in [0.2, 0.25) is 5.16 Å². The van der Waals surface area contributed by atoms with E-state index in [1.54, 1.807) is 11.8 Å². The van der Waals surface area contributed by atoms with Crippen molar-refractivity contribution in [2.75, 3.05) is 5.75 Å². The Kier molecular flexibility index (Phi) is 4.55. The van der Waals surface area contributed by atoms with Gasteiger partial charge in [-0.3, -0.25) is 5.32 Å². The van der Waals surface area contributed by atoms with Gasteiger partial charge in [0.1, 0.15) is 0 Å². The minimum atomic E-state index is -0.0947. The van der Waals surface area contributed by atoms with E-state index in [1.807, 2.05) is 18.5 Å². The van der Waals surface area contributed by atoms with Crippen molar-refractivity contribution in [1.82, 2.24) is 25.5 Å². The van der Waals surface area contributed by atoms with Gasteiger partial charge in [-0.15, -0.1) is 5.10 Å². The predicted octanol–water partition coefficient (Wildman–Crippen LogP) is 1.38. The van der Waals surface area contributed by atoms with Crippen molar-refractivity contribution in [3.05, 3.63) is 0 Å². The molecule has 98 valence electrons. The first-order chi connectivity index (χ1) is 8.70. The second-order valence-electron chi connectivity index (χ2n) is 4.78. The van der Waals surface area contributed by atoms with E-state index in [9.17, 15) is 0 Å². The van der Waals surface area contributed by atoms with E-state index in [-0.39, 0.29) is 6.04 Å². The largest absolute Gasteiger partial charge is 0.300 e. The second-order valence-corrected chi connectivity index (χ2v) is 5.84. The number of hydrogen-bond acceptors (Lipinski definition) is 6. The van der Waals surface area contributed by atoms with E-state index in [0.717, 1.165) is 17.3 Å². The van der Waals surface area contributed by atoms with Gasteiger partial charge in [-0.25, -0.2) is 4.68 Å². The highest BCUT2D eigenvalue weighted by atomic mass is 32.2. The number of rotatable bonds is 7. The molecular formula is C11H18N6S. The number of hydrogen-bond donors (Lipinski definition) is 1. The van der Waals surface area contributed by atoms with Crippen molar-refractivity contribution in [1.29, 1.82) is 5.26 Å². The highest BCUT2D eigenvalue weighted by Gasteiger charge is 2.27. The zero-order chi connectivity index (χ0) is 13.0. The second kappa shape index (κ2) is 6.16. The van der Waals surface area contributed by atoms with Gasteiger partial charge in [-0.2, -0.15) is 5.26 Å². The molecule has 7 heteroatoms. The highest BCUT2D eigenvalue weighted by molar-refractivity contribution is 7.99. The van der Waals surface area contributed by atoms with Crippen LogP contribution in [0.4, 0.5) is 0 Å². The van der Waals surface area contributed by atoms with Crippen LogP contribution in [0.15, 0.2) is 5.16 Å². The summed E-state index contributed by atoms with van der Waals surface area (Å²) in [4.78, 5) is 0. The Bertz CT molecular complexity index is 419. The van der Waals surface area contributed by atoms with Crippen LogP contribution in [-0.2, 0) is 0 Å². The molecule has 0 aliphatic heterocycles. The van der Waals surface area contributed by atoms with E-state index in [4.69, 9.17) is 5.26 Å². The van der Waals surface area contributed by atoms with Gasteiger partial charge >= 0.3 is 0 Å². The van der Waals surface area contributed by atoms with Crippen LogP contribution >= 0.6 is 11.8 Å². The van der Waals surface area contributed by atoms with Crippen LogP contribution in [0.5, 0.6) is 0 Å². The number of tetrazole rings is 1. The molecule has 1 N–H and O–H groups in total. The molecular weight excluding hydrogens is 248 g/mol. The van der Waals surface area contributed by atoms with Crippen molar-refractivity contribution >= 4 is 11.8 Å². The summed E-state index contributed by atoms with van der Waals surface area (Å²) in [5.41, 5.74) is 0. The van der Waals surface area contributed by atoms with Gasteiger partial charge in [-0.05, 0) is 43.5 Å². The maximum absolute atomic E-state index is 9.02. The molecule has 0 bridgehead atoms. The summed E-state index contributed by atoms with van der Waals surface area (Å²) in [5.74, 6) is 0.852. The first-order valence-electron chi connectivity index (χ1n) is 6.27. The quantitative estimate of drug-likeness (QED) is 0.751. The molecule has 0 radical (unpaired) electrons. The van der Waals surface area contributed by atoms with Gasteiger partial charge in [0.15, 0.2) is 0 Å². The summed E-state index contributed by atoms with van der Waals surface area (Å²) in [5, 5.41) is 24.9. The molecule has 1 atom stereocenters. The zero-order valence-electron chi connectivity index (χ0n) is 10.7. The summed E-state index contributed by atoms with van der Waals surface area (Å²) < 4.78 is 1.90. The van der Waals surface area contributed by atoms with Crippen molar-refractivity contribution < 1.29 is 0 Å². The Morgan fingerprint density at radius 2 is 2.33 bits per heavy atom. The number of thioether (sulfide) groups is 1. The van der Waals surface area contributed by atoms with Crippen LogP contribution in [0.25, 0.3) is 0 Å². The van der Waals surface area contributed by atoms with Crippen molar-refractivity contribution in [2.24, 2.45) is 0 Å². The maximum Gasteiger partial charge on any atom is 0.209 e. The summed E-state index contributed by atoms with van der Waals surface area (Å²) in [6, 6.07) is 3.02. The lowest BCUT2D eigenvalue weighted by Gasteiger charge is -2.13. The molecule has 1 aliphatic carbocycles. The predicted molar refractivity (Wildman–Crippen MR) is 69.1 cm³/mol. The van der Waals surface area contributed by atoms with Crippen LogP contribution in [0.2, 0.25) is 0 Å². The number of nitriles is 1. The Labute approximate surface area is 111 Å². The van der Waals surface area contributed by atoms with Crippen LogP contribution in [0.3, 0.4) is 0 Å². The molecule has 1 unspecified atom stereocenters. The third kappa shape index (κ3) is 3.68. The molecule has 1 saturated carbocycles. The Morgan fingerprint density at radius 1 is 1.56 bits per heavy atom. The van der Waals surface area contributed by atoms with Crippen LogP contribution in [0.1, 0.15) is 39.2 Å². The lowest BCUT2D eigenvalue weighted by Crippen LogP contribution is -2.33. The molecule has 0 saturated heterocycles. The fourth-order valence-corrected chi connectivity index (χ4v) is 2.63. The summed E-state index contributed by atoms with van der Waals surface area (Å²) in [6.07, 6.45) is 3.15. The average Bonchev–Trinajstić information content (AvgIpc) is 3.08. The lowest BCUT2D eigenvalue weighted by atomic mass is 10.2. The SMILES string of the molecule is CC(C)NC(C#N)CCSc1nnnn1C1CC1. The minimum absolute atomic E-state index is 0.0947. The fraction of sp³-hybridized carbons (Fsp3) is 0.818. The lowest BCUT2D eigenvalue weighted by molar-refractivity contribution is 0.521. The van der Waals surface area contributed by atoms with E-state index >= 15 is 0 Å².